The summed E-state index contributed by atoms with van der Waals surface area (Å²) in [6.45, 7) is 0. The van der Waals surface area contributed by atoms with E-state index in [9.17, 15) is 4.79 Å². The summed E-state index contributed by atoms with van der Waals surface area (Å²) in [6, 6.07) is 8.59. The highest BCUT2D eigenvalue weighted by Gasteiger charge is 2.39. The third-order valence-electron chi connectivity index (χ3n) is 4.27. The van der Waals surface area contributed by atoms with Crippen molar-refractivity contribution in [2.45, 2.75) is 37.4 Å². The van der Waals surface area contributed by atoms with E-state index in [4.69, 9.17) is 4.74 Å². The second kappa shape index (κ2) is 5.70. The number of amides is 1. The summed E-state index contributed by atoms with van der Waals surface area (Å²) in [5.41, 5.74) is 0. The fourth-order valence-electron chi connectivity index (χ4n) is 3.24. The number of carbonyl (C=O) groups excluding carboxylic acids is 1. The van der Waals surface area contributed by atoms with Gasteiger partial charge in [0.25, 0.3) is 5.91 Å². The molecule has 2 fully saturated rings. The molecule has 0 radical (unpaired) electrons. The largest absolute Gasteiger partial charge is 0.445 e. The van der Waals surface area contributed by atoms with E-state index in [0.717, 1.165) is 12.8 Å². The second-order valence-corrected chi connectivity index (χ2v) is 6.82. The van der Waals surface area contributed by atoms with Gasteiger partial charge in [0.05, 0.1) is 11.1 Å². The first-order chi connectivity index (χ1) is 10.8. The predicted molar refractivity (Wildman–Crippen MR) is 84.4 cm³/mol. The quantitative estimate of drug-likeness (QED) is 0.910. The second-order valence-electron chi connectivity index (χ2n) is 5.77. The van der Waals surface area contributed by atoms with Crippen LogP contribution in [0.1, 0.15) is 28.9 Å². The Bertz CT molecular complexity index is 673. The SMILES string of the molecule is O=C(N[C@@H]1C[C@H]2CC[C@@H]1N2)c1ccc(Oc2cccnc2)s1. The molecular weight excluding hydrogens is 298 g/mol. The van der Waals surface area contributed by atoms with Gasteiger partial charge in [0.1, 0.15) is 5.75 Å². The van der Waals surface area contributed by atoms with Crippen LogP contribution in [0.25, 0.3) is 0 Å². The maximum Gasteiger partial charge on any atom is 0.261 e. The van der Waals surface area contributed by atoms with Gasteiger partial charge >= 0.3 is 0 Å². The lowest BCUT2D eigenvalue weighted by Gasteiger charge is -2.20. The van der Waals surface area contributed by atoms with E-state index in [-0.39, 0.29) is 11.9 Å². The molecule has 2 aliphatic heterocycles. The van der Waals surface area contributed by atoms with Crippen molar-refractivity contribution in [2.24, 2.45) is 0 Å². The fourth-order valence-corrected chi connectivity index (χ4v) is 4.02. The molecule has 0 unspecified atom stereocenters. The third kappa shape index (κ3) is 2.71. The smallest absolute Gasteiger partial charge is 0.261 e. The molecule has 2 aromatic heterocycles. The number of ether oxygens (including phenoxy) is 1. The van der Waals surface area contributed by atoms with Gasteiger partial charge in [-0.15, -0.1) is 0 Å². The minimum absolute atomic E-state index is 0.00890. The van der Waals surface area contributed by atoms with Gasteiger partial charge in [-0.25, -0.2) is 0 Å². The van der Waals surface area contributed by atoms with Gasteiger partial charge in [-0.3, -0.25) is 9.78 Å². The zero-order valence-electron chi connectivity index (χ0n) is 12.0. The number of nitrogens with zero attached hydrogens (tertiary/aromatic N) is 1. The minimum Gasteiger partial charge on any atom is -0.445 e. The highest BCUT2D eigenvalue weighted by Crippen LogP contribution is 2.31. The van der Waals surface area contributed by atoms with E-state index >= 15 is 0 Å². The molecule has 2 bridgehead atoms. The number of thiophene rings is 1. The van der Waals surface area contributed by atoms with Crippen molar-refractivity contribution in [3.63, 3.8) is 0 Å². The topological polar surface area (TPSA) is 63.2 Å². The zero-order chi connectivity index (χ0) is 14.9. The Hall–Kier alpha value is -1.92. The van der Waals surface area contributed by atoms with Gasteiger partial charge in [-0.2, -0.15) is 0 Å². The van der Waals surface area contributed by atoms with E-state index in [2.05, 4.69) is 15.6 Å². The molecule has 4 rings (SSSR count). The average molecular weight is 315 g/mol. The van der Waals surface area contributed by atoms with E-state index in [1.165, 1.54) is 17.8 Å². The van der Waals surface area contributed by atoms with Crippen molar-refractivity contribution in [1.29, 1.82) is 0 Å². The molecule has 0 aromatic carbocycles. The van der Waals surface area contributed by atoms with Crippen LogP contribution in [0.2, 0.25) is 0 Å². The average Bonchev–Trinajstić information content (AvgIpc) is 3.24. The van der Waals surface area contributed by atoms with Crippen LogP contribution in [0.5, 0.6) is 10.8 Å². The normalized spacial score (nSPS) is 26.1. The molecule has 4 heterocycles. The number of hydrogen-bond donors (Lipinski definition) is 2. The van der Waals surface area contributed by atoms with Crippen molar-refractivity contribution < 1.29 is 9.53 Å². The number of rotatable bonds is 4. The van der Waals surface area contributed by atoms with E-state index in [0.29, 0.717) is 27.8 Å². The Morgan fingerprint density at radius 2 is 2.32 bits per heavy atom. The molecule has 1 amide bonds. The van der Waals surface area contributed by atoms with Crippen LogP contribution >= 0.6 is 11.3 Å². The molecule has 3 atom stereocenters. The van der Waals surface area contributed by atoms with Gasteiger partial charge < -0.3 is 15.4 Å². The van der Waals surface area contributed by atoms with Crippen molar-refractivity contribution in [3.8, 4) is 10.8 Å². The molecule has 2 N–H and O–H groups in total. The Kier molecular flexibility index (Phi) is 3.56. The molecule has 0 aliphatic carbocycles. The summed E-state index contributed by atoms with van der Waals surface area (Å²) in [5, 5.41) is 7.37. The van der Waals surface area contributed by atoms with Gasteiger partial charge in [0, 0.05) is 24.3 Å². The first kappa shape index (κ1) is 13.7. The van der Waals surface area contributed by atoms with Crippen LogP contribution in [0.15, 0.2) is 36.7 Å². The number of fused-ring (bicyclic) bond motifs is 2. The first-order valence-electron chi connectivity index (χ1n) is 7.52. The molecule has 2 aromatic rings. The van der Waals surface area contributed by atoms with Crippen LogP contribution in [0.3, 0.4) is 0 Å². The van der Waals surface area contributed by atoms with E-state index in [1.54, 1.807) is 12.4 Å². The molecule has 5 nitrogen and oxygen atoms in total. The highest BCUT2D eigenvalue weighted by molar-refractivity contribution is 7.15. The van der Waals surface area contributed by atoms with Gasteiger partial charge in [0.2, 0.25) is 0 Å². The van der Waals surface area contributed by atoms with E-state index < -0.39 is 0 Å². The van der Waals surface area contributed by atoms with Crippen LogP contribution in [0.4, 0.5) is 0 Å². The summed E-state index contributed by atoms with van der Waals surface area (Å²) >= 11 is 1.36. The van der Waals surface area contributed by atoms with Crippen LogP contribution < -0.4 is 15.4 Å². The maximum absolute atomic E-state index is 12.3. The summed E-state index contributed by atoms with van der Waals surface area (Å²) in [5.74, 6) is 0.666. The van der Waals surface area contributed by atoms with Crippen molar-refractivity contribution in [3.05, 3.63) is 41.5 Å². The number of pyridine rings is 1. The number of nitrogens with one attached hydrogen (secondary N) is 2. The molecule has 2 aliphatic rings. The fraction of sp³-hybridized carbons (Fsp3) is 0.375. The Labute approximate surface area is 132 Å². The molecule has 2 saturated heterocycles. The highest BCUT2D eigenvalue weighted by atomic mass is 32.1. The van der Waals surface area contributed by atoms with Gasteiger partial charge in [-0.1, -0.05) is 11.3 Å². The predicted octanol–water partition coefficient (Wildman–Crippen LogP) is 2.56. The van der Waals surface area contributed by atoms with Crippen LogP contribution in [-0.2, 0) is 0 Å². The van der Waals surface area contributed by atoms with Crippen molar-refractivity contribution >= 4 is 17.2 Å². The Morgan fingerprint density at radius 1 is 1.36 bits per heavy atom. The molecule has 0 spiro atoms. The summed E-state index contributed by atoms with van der Waals surface area (Å²) in [4.78, 5) is 17.0. The molecule has 0 saturated carbocycles. The molecular formula is C16H17N3O2S. The van der Waals surface area contributed by atoms with Crippen molar-refractivity contribution in [1.82, 2.24) is 15.6 Å². The van der Waals surface area contributed by atoms with Gasteiger partial charge in [-0.05, 0) is 43.5 Å². The lowest BCUT2D eigenvalue weighted by molar-refractivity contribution is 0.0935. The van der Waals surface area contributed by atoms with Crippen LogP contribution in [-0.4, -0.2) is 29.0 Å². The van der Waals surface area contributed by atoms with Crippen molar-refractivity contribution in [2.75, 3.05) is 0 Å². The Balaban J connectivity index is 1.39. The molecule has 6 heteroatoms. The number of carbonyl (C=O) groups is 1. The minimum atomic E-state index is -0.00890. The number of hydrogen-bond acceptors (Lipinski definition) is 5. The van der Waals surface area contributed by atoms with E-state index in [1.807, 2.05) is 24.3 Å². The standard InChI is InChI=1S/C16H17N3O2S/c20-16(19-13-8-10-3-4-12(13)18-10)14-5-6-15(22-14)21-11-2-1-7-17-9-11/h1-2,5-7,9-10,12-13,18H,3-4,8H2,(H,19,20)/t10-,12+,13-/m1/s1. The summed E-state index contributed by atoms with van der Waals surface area (Å²) in [7, 11) is 0. The third-order valence-corrected chi connectivity index (χ3v) is 5.24. The summed E-state index contributed by atoms with van der Waals surface area (Å²) in [6.07, 6.45) is 6.79. The van der Waals surface area contributed by atoms with Crippen LogP contribution in [0, 0.1) is 0 Å². The first-order valence-corrected chi connectivity index (χ1v) is 8.34. The lowest BCUT2D eigenvalue weighted by atomic mass is 9.95. The Morgan fingerprint density at radius 3 is 3.05 bits per heavy atom. The number of aromatic nitrogens is 1. The molecule has 22 heavy (non-hydrogen) atoms. The zero-order valence-corrected chi connectivity index (χ0v) is 12.8. The maximum atomic E-state index is 12.3. The monoisotopic (exact) mass is 315 g/mol. The summed E-state index contributed by atoms with van der Waals surface area (Å²) < 4.78 is 5.69. The lowest BCUT2D eigenvalue weighted by Crippen LogP contribution is -2.42. The molecule has 114 valence electrons. The van der Waals surface area contributed by atoms with Gasteiger partial charge in [0.15, 0.2) is 5.06 Å².